The fourth-order valence-electron chi connectivity index (χ4n) is 2.40. The summed E-state index contributed by atoms with van der Waals surface area (Å²) in [5.74, 6) is -2.96. The van der Waals surface area contributed by atoms with E-state index in [0.29, 0.717) is 10.7 Å². The monoisotopic (exact) mass is 322 g/mol. The first-order valence-electron chi connectivity index (χ1n) is 6.58. The van der Waals surface area contributed by atoms with Gasteiger partial charge in [-0.3, -0.25) is 9.59 Å². The molecule has 1 saturated heterocycles. The number of esters is 1. The lowest BCUT2D eigenvalue weighted by atomic mass is 10.00. The molecule has 0 N–H and O–H groups in total. The molecule has 0 radical (unpaired) electrons. The third kappa shape index (κ3) is 2.14. The number of anilines is 1. The molecule has 0 unspecified atom stereocenters. The second kappa shape index (κ2) is 5.42. The molecule has 1 fully saturated rings. The van der Waals surface area contributed by atoms with Crippen LogP contribution in [0.15, 0.2) is 29.4 Å². The predicted octanol–water partition coefficient (Wildman–Crippen LogP) is 1.15. The Hall–Kier alpha value is -2.41. The van der Waals surface area contributed by atoms with Crippen LogP contribution in [0.1, 0.15) is 6.92 Å². The summed E-state index contributed by atoms with van der Waals surface area (Å²) in [4.78, 5) is 42.6. The van der Waals surface area contributed by atoms with Gasteiger partial charge in [-0.25, -0.2) is 9.69 Å². The molecule has 2 atom stereocenters. The Balaban J connectivity index is 1.91. The van der Waals surface area contributed by atoms with Crippen LogP contribution in [0.25, 0.3) is 0 Å². The molecule has 0 spiro atoms. The van der Waals surface area contributed by atoms with Crippen molar-refractivity contribution < 1.29 is 24.0 Å². The van der Waals surface area contributed by atoms with Crippen LogP contribution in [0, 0.1) is 5.92 Å². The summed E-state index contributed by atoms with van der Waals surface area (Å²) in [6.07, 6.45) is -1.12. The fraction of sp³-hybridized carbons (Fsp3) is 0.286. The van der Waals surface area contributed by atoms with Gasteiger partial charge in [0.05, 0.1) is 12.3 Å². The first-order valence-corrected chi connectivity index (χ1v) is 6.96. The van der Waals surface area contributed by atoms with Crippen LogP contribution in [0.5, 0.6) is 0 Å². The predicted molar refractivity (Wildman–Crippen MR) is 76.4 cm³/mol. The number of rotatable bonds is 3. The molecule has 0 saturated carbocycles. The van der Waals surface area contributed by atoms with Gasteiger partial charge in [-0.15, -0.1) is 0 Å². The molecule has 2 aliphatic heterocycles. The van der Waals surface area contributed by atoms with Crippen LogP contribution in [-0.2, 0) is 24.0 Å². The van der Waals surface area contributed by atoms with Crippen molar-refractivity contribution in [3.63, 3.8) is 0 Å². The summed E-state index contributed by atoms with van der Waals surface area (Å²) < 4.78 is 4.83. The van der Waals surface area contributed by atoms with Crippen LogP contribution in [0.4, 0.5) is 5.69 Å². The lowest BCUT2D eigenvalue weighted by Crippen LogP contribution is -2.34. The third-order valence-corrected chi connectivity index (χ3v) is 3.63. The Morgan fingerprint density at radius 1 is 1.32 bits per heavy atom. The van der Waals surface area contributed by atoms with Crippen molar-refractivity contribution in [1.29, 1.82) is 0 Å². The molecule has 22 heavy (non-hydrogen) atoms. The molecule has 0 aliphatic carbocycles. The third-order valence-electron chi connectivity index (χ3n) is 3.38. The van der Waals surface area contributed by atoms with E-state index in [-0.39, 0.29) is 12.3 Å². The van der Waals surface area contributed by atoms with Gasteiger partial charge in [0.25, 0.3) is 5.91 Å². The number of amides is 2. The molecule has 8 heteroatoms. The van der Waals surface area contributed by atoms with Crippen molar-refractivity contribution in [3.8, 4) is 0 Å². The van der Waals surface area contributed by atoms with Crippen LogP contribution in [0.3, 0.4) is 0 Å². The van der Waals surface area contributed by atoms with Gasteiger partial charge < -0.3 is 9.57 Å². The Bertz CT molecular complexity index is 685. The van der Waals surface area contributed by atoms with Crippen LogP contribution in [-0.4, -0.2) is 36.2 Å². The number of benzene rings is 1. The number of ether oxygens (including phenoxy) is 1. The summed E-state index contributed by atoms with van der Waals surface area (Å²) in [7, 11) is 0. The minimum Gasteiger partial charge on any atom is -0.461 e. The maximum atomic E-state index is 12.5. The highest BCUT2D eigenvalue weighted by Gasteiger charge is 2.58. The Kier molecular flexibility index (Phi) is 3.58. The van der Waals surface area contributed by atoms with Crippen molar-refractivity contribution in [2.45, 2.75) is 13.0 Å². The number of halogens is 1. The highest BCUT2D eigenvalue weighted by Crippen LogP contribution is 2.33. The molecule has 7 nitrogen and oxygen atoms in total. The summed E-state index contributed by atoms with van der Waals surface area (Å²) in [6, 6.07) is 6.21. The smallest absolute Gasteiger partial charge is 0.357 e. The number of hydrogen-bond acceptors (Lipinski definition) is 6. The zero-order valence-corrected chi connectivity index (χ0v) is 12.2. The lowest BCUT2D eigenvalue weighted by Gasteiger charge is -2.15. The summed E-state index contributed by atoms with van der Waals surface area (Å²) in [5.41, 5.74) is 0.183. The fourth-order valence-corrected chi connectivity index (χ4v) is 2.52. The first kappa shape index (κ1) is 14.5. The van der Waals surface area contributed by atoms with Gasteiger partial charge in [0.15, 0.2) is 5.71 Å². The quantitative estimate of drug-likeness (QED) is 0.615. The van der Waals surface area contributed by atoms with E-state index in [2.05, 4.69) is 5.16 Å². The molecule has 2 amide bonds. The minimum absolute atomic E-state index is 0.137. The summed E-state index contributed by atoms with van der Waals surface area (Å²) >= 11 is 5.79. The second-order valence-corrected chi connectivity index (χ2v) is 5.13. The molecule has 3 rings (SSSR count). The van der Waals surface area contributed by atoms with E-state index in [4.69, 9.17) is 21.2 Å². The molecule has 114 valence electrons. The van der Waals surface area contributed by atoms with Crippen molar-refractivity contribution in [2.75, 3.05) is 11.5 Å². The standard InChI is InChI=1S/C14H11ClN2O5/c1-2-21-14(20)10-9-11(22-16-10)13(19)17(12(9)18)8-5-3-7(15)4-6-8/h3-6,9,11H,2H2,1H3/t9-,11-/m1/s1. The molecule has 1 aromatic rings. The molecular weight excluding hydrogens is 312 g/mol. The van der Waals surface area contributed by atoms with E-state index in [1.807, 2.05) is 0 Å². The molecule has 1 aromatic carbocycles. The maximum Gasteiger partial charge on any atom is 0.357 e. The Labute approximate surface area is 130 Å². The Morgan fingerprint density at radius 2 is 2.00 bits per heavy atom. The van der Waals surface area contributed by atoms with E-state index in [0.717, 1.165) is 4.90 Å². The van der Waals surface area contributed by atoms with Crippen LogP contribution < -0.4 is 4.90 Å². The van der Waals surface area contributed by atoms with Gasteiger partial charge in [-0.2, -0.15) is 0 Å². The SMILES string of the molecule is CCOC(=O)C1=NO[C@H]2C(=O)N(c3ccc(Cl)cc3)C(=O)[C@H]12. The molecule has 0 aromatic heterocycles. The Morgan fingerprint density at radius 3 is 2.64 bits per heavy atom. The van der Waals surface area contributed by atoms with Crippen molar-refractivity contribution >= 4 is 40.8 Å². The van der Waals surface area contributed by atoms with E-state index >= 15 is 0 Å². The molecular formula is C14H11ClN2O5. The molecule has 0 bridgehead atoms. The number of imide groups is 1. The average molecular weight is 323 g/mol. The highest BCUT2D eigenvalue weighted by molar-refractivity contribution is 6.46. The van der Waals surface area contributed by atoms with Gasteiger partial charge in [-0.1, -0.05) is 16.8 Å². The molecule has 2 heterocycles. The average Bonchev–Trinajstić information content (AvgIpc) is 3.03. The topological polar surface area (TPSA) is 85.3 Å². The van der Waals surface area contributed by atoms with E-state index in [1.165, 1.54) is 0 Å². The van der Waals surface area contributed by atoms with Crippen LogP contribution >= 0.6 is 11.6 Å². The van der Waals surface area contributed by atoms with E-state index in [9.17, 15) is 14.4 Å². The number of hydrogen-bond donors (Lipinski definition) is 0. The maximum absolute atomic E-state index is 12.5. The minimum atomic E-state index is -1.12. The highest BCUT2D eigenvalue weighted by atomic mass is 35.5. The largest absolute Gasteiger partial charge is 0.461 e. The zero-order chi connectivity index (χ0) is 15.9. The van der Waals surface area contributed by atoms with Gasteiger partial charge in [-0.05, 0) is 31.2 Å². The number of fused-ring (bicyclic) bond motifs is 1. The lowest BCUT2D eigenvalue weighted by molar-refractivity contribution is -0.136. The summed E-state index contributed by atoms with van der Waals surface area (Å²) in [6.45, 7) is 1.77. The molecule has 2 aliphatic rings. The van der Waals surface area contributed by atoms with Gasteiger partial charge in [0.1, 0.15) is 5.92 Å². The second-order valence-electron chi connectivity index (χ2n) is 4.69. The number of nitrogens with zero attached hydrogens (tertiary/aromatic N) is 2. The summed E-state index contributed by atoms with van der Waals surface area (Å²) in [5, 5.41) is 4.01. The number of oxime groups is 1. The number of carbonyl (C=O) groups is 3. The van der Waals surface area contributed by atoms with Crippen LogP contribution in [0.2, 0.25) is 5.02 Å². The van der Waals surface area contributed by atoms with Gasteiger partial charge >= 0.3 is 5.97 Å². The van der Waals surface area contributed by atoms with Gasteiger partial charge in [0, 0.05) is 5.02 Å². The van der Waals surface area contributed by atoms with E-state index in [1.54, 1.807) is 31.2 Å². The first-order chi connectivity index (χ1) is 10.5. The van der Waals surface area contributed by atoms with Crippen molar-refractivity contribution in [2.24, 2.45) is 11.1 Å². The normalized spacial score (nSPS) is 23.2. The van der Waals surface area contributed by atoms with E-state index < -0.39 is 29.8 Å². The van der Waals surface area contributed by atoms with Gasteiger partial charge in [0.2, 0.25) is 12.0 Å². The van der Waals surface area contributed by atoms with Crippen molar-refractivity contribution in [1.82, 2.24) is 0 Å². The number of carbonyl (C=O) groups excluding carboxylic acids is 3. The van der Waals surface area contributed by atoms with Crippen molar-refractivity contribution in [3.05, 3.63) is 29.3 Å². The zero-order valence-electron chi connectivity index (χ0n) is 11.5.